The fourth-order valence-corrected chi connectivity index (χ4v) is 3.60. The second-order valence-corrected chi connectivity index (χ2v) is 7.34. The standard InChI is InChI=1S/C17H16ClN3O3S/c1-21-17(10-11-19-21)25(22,23)20-14-6-8-15(9-7-14)24-12-13-4-2-3-5-16(13)18/h2-11,20H,12H2,1H3. The molecule has 0 radical (unpaired) electrons. The Kier molecular flexibility index (Phi) is 4.96. The van der Waals surface area contributed by atoms with Gasteiger partial charge >= 0.3 is 0 Å². The van der Waals surface area contributed by atoms with Crippen LogP contribution in [0.25, 0.3) is 0 Å². The van der Waals surface area contributed by atoms with Gasteiger partial charge in [0.1, 0.15) is 12.4 Å². The number of ether oxygens (including phenoxy) is 1. The van der Waals surface area contributed by atoms with Crippen LogP contribution in [0.15, 0.2) is 65.8 Å². The van der Waals surface area contributed by atoms with E-state index in [4.69, 9.17) is 16.3 Å². The van der Waals surface area contributed by atoms with Crippen molar-refractivity contribution in [3.63, 3.8) is 0 Å². The van der Waals surface area contributed by atoms with Gasteiger partial charge in [-0.2, -0.15) is 13.5 Å². The van der Waals surface area contributed by atoms with E-state index in [-0.39, 0.29) is 5.03 Å². The van der Waals surface area contributed by atoms with Crippen molar-refractivity contribution < 1.29 is 13.2 Å². The molecule has 0 aliphatic carbocycles. The van der Waals surface area contributed by atoms with Gasteiger partial charge in [-0.15, -0.1) is 0 Å². The number of nitrogens with zero attached hydrogens (tertiary/aromatic N) is 2. The number of hydrogen-bond acceptors (Lipinski definition) is 4. The lowest BCUT2D eigenvalue weighted by Crippen LogP contribution is -2.16. The lowest BCUT2D eigenvalue weighted by Gasteiger charge is -2.10. The maximum atomic E-state index is 12.3. The Morgan fingerprint density at radius 3 is 2.48 bits per heavy atom. The fraction of sp³-hybridized carbons (Fsp3) is 0.118. The minimum Gasteiger partial charge on any atom is -0.489 e. The third-order valence-electron chi connectivity index (χ3n) is 3.51. The predicted molar refractivity (Wildman–Crippen MR) is 96.2 cm³/mol. The normalized spacial score (nSPS) is 11.3. The highest BCUT2D eigenvalue weighted by Gasteiger charge is 2.17. The zero-order valence-corrected chi connectivity index (χ0v) is 15.0. The molecule has 0 atom stereocenters. The molecular formula is C17H16ClN3O3S. The summed E-state index contributed by atoms with van der Waals surface area (Å²) in [5.41, 5.74) is 1.32. The molecule has 0 spiro atoms. The van der Waals surface area contributed by atoms with Crippen LogP contribution in [0.2, 0.25) is 5.02 Å². The van der Waals surface area contributed by atoms with E-state index in [1.807, 2.05) is 18.2 Å². The smallest absolute Gasteiger partial charge is 0.279 e. The molecule has 0 bridgehead atoms. The summed E-state index contributed by atoms with van der Waals surface area (Å²) in [6, 6.07) is 15.5. The first-order chi connectivity index (χ1) is 12.0. The van der Waals surface area contributed by atoms with E-state index in [9.17, 15) is 8.42 Å². The van der Waals surface area contributed by atoms with E-state index < -0.39 is 10.0 Å². The molecule has 1 aromatic heterocycles. The number of benzene rings is 2. The maximum absolute atomic E-state index is 12.3. The van der Waals surface area contributed by atoms with Gasteiger partial charge in [0.15, 0.2) is 5.03 Å². The van der Waals surface area contributed by atoms with Crippen molar-refractivity contribution in [2.24, 2.45) is 7.05 Å². The molecule has 1 N–H and O–H groups in total. The molecule has 0 unspecified atom stereocenters. The molecule has 3 aromatic rings. The number of anilines is 1. The molecule has 3 rings (SSSR count). The molecule has 0 aliphatic rings. The van der Waals surface area contributed by atoms with Gasteiger partial charge in [0.2, 0.25) is 0 Å². The number of nitrogens with one attached hydrogen (secondary N) is 1. The Bertz CT molecular complexity index is 969. The Labute approximate surface area is 151 Å². The van der Waals surface area contributed by atoms with Gasteiger partial charge in [0, 0.05) is 23.3 Å². The third-order valence-corrected chi connectivity index (χ3v) is 5.33. The van der Waals surface area contributed by atoms with Crippen molar-refractivity contribution in [3.05, 3.63) is 71.4 Å². The van der Waals surface area contributed by atoms with Crippen molar-refractivity contribution in [2.45, 2.75) is 11.6 Å². The Morgan fingerprint density at radius 2 is 1.84 bits per heavy atom. The van der Waals surface area contributed by atoms with E-state index in [0.717, 1.165) is 5.56 Å². The van der Waals surface area contributed by atoms with Gasteiger partial charge in [-0.1, -0.05) is 29.8 Å². The third kappa shape index (κ3) is 4.12. The quantitative estimate of drug-likeness (QED) is 0.714. The predicted octanol–water partition coefficient (Wildman–Crippen LogP) is 3.45. The average molecular weight is 378 g/mol. The average Bonchev–Trinajstić information content (AvgIpc) is 3.02. The van der Waals surface area contributed by atoms with Crippen molar-refractivity contribution in [1.29, 1.82) is 0 Å². The molecule has 0 amide bonds. The van der Waals surface area contributed by atoms with E-state index in [1.54, 1.807) is 37.4 Å². The van der Waals surface area contributed by atoms with Crippen LogP contribution in [0.5, 0.6) is 5.75 Å². The molecular weight excluding hydrogens is 362 g/mol. The van der Waals surface area contributed by atoms with Crippen LogP contribution in [0, 0.1) is 0 Å². The zero-order chi connectivity index (χ0) is 17.9. The first kappa shape index (κ1) is 17.3. The van der Waals surface area contributed by atoms with Crippen LogP contribution in [0.1, 0.15) is 5.56 Å². The highest BCUT2D eigenvalue weighted by Crippen LogP contribution is 2.21. The molecule has 8 heteroatoms. The molecule has 0 saturated heterocycles. The first-order valence-electron chi connectivity index (χ1n) is 7.43. The Balaban J connectivity index is 1.66. The first-order valence-corrected chi connectivity index (χ1v) is 9.29. The molecule has 2 aromatic carbocycles. The Morgan fingerprint density at radius 1 is 1.12 bits per heavy atom. The van der Waals surface area contributed by atoms with Gasteiger partial charge in [-0.05, 0) is 36.4 Å². The monoisotopic (exact) mass is 377 g/mol. The van der Waals surface area contributed by atoms with Crippen LogP contribution >= 0.6 is 11.6 Å². The minimum absolute atomic E-state index is 0.0894. The molecule has 0 saturated carbocycles. The lowest BCUT2D eigenvalue weighted by atomic mass is 10.2. The summed E-state index contributed by atoms with van der Waals surface area (Å²) in [5, 5.41) is 4.60. The number of rotatable bonds is 6. The number of halogens is 1. The van der Waals surface area contributed by atoms with Crippen LogP contribution in [-0.2, 0) is 23.7 Å². The van der Waals surface area contributed by atoms with Crippen LogP contribution in [0.3, 0.4) is 0 Å². The van der Waals surface area contributed by atoms with Crippen LogP contribution in [0.4, 0.5) is 5.69 Å². The summed E-state index contributed by atoms with van der Waals surface area (Å²) in [7, 11) is -2.11. The summed E-state index contributed by atoms with van der Waals surface area (Å²) in [4.78, 5) is 0. The molecule has 1 heterocycles. The van der Waals surface area contributed by atoms with Gasteiger partial charge in [0.05, 0.1) is 6.20 Å². The maximum Gasteiger partial charge on any atom is 0.279 e. The highest BCUT2D eigenvalue weighted by molar-refractivity contribution is 7.92. The molecule has 25 heavy (non-hydrogen) atoms. The second-order valence-electron chi connectivity index (χ2n) is 5.30. The van der Waals surface area contributed by atoms with Crippen molar-refractivity contribution in [3.8, 4) is 5.75 Å². The minimum atomic E-state index is -3.68. The van der Waals surface area contributed by atoms with E-state index >= 15 is 0 Å². The van der Waals surface area contributed by atoms with Crippen molar-refractivity contribution in [2.75, 3.05) is 4.72 Å². The highest BCUT2D eigenvalue weighted by atomic mass is 35.5. The van der Waals surface area contributed by atoms with Gasteiger partial charge in [-0.25, -0.2) is 0 Å². The van der Waals surface area contributed by atoms with E-state index in [2.05, 4.69) is 9.82 Å². The van der Waals surface area contributed by atoms with Crippen molar-refractivity contribution in [1.82, 2.24) is 9.78 Å². The van der Waals surface area contributed by atoms with Gasteiger partial charge < -0.3 is 4.74 Å². The number of sulfonamides is 1. The summed E-state index contributed by atoms with van der Waals surface area (Å²) < 4.78 is 34.1. The molecule has 0 fully saturated rings. The summed E-state index contributed by atoms with van der Waals surface area (Å²) >= 11 is 6.09. The lowest BCUT2D eigenvalue weighted by molar-refractivity contribution is 0.306. The molecule has 130 valence electrons. The number of aromatic nitrogens is 2. The van der Waals surface area contributed by atoms with Crippen molar-refractivity contribution >= 4 is 27.3 Å². The van der Waals surface area contributed by atoms with Gasteiger partial charge in [-0.3, -0.25) is 9.40 Å². The number of aryl methyl sites for hydroxylation is 1. The van der Waals surface area contributed by atoms with E-state index in [1.165, 1.54) is 16.9 Å². The summed E-state index contributed by atoms with van der Waals surface area (Å²) in [5.74, 6) is 0.614. The van der Waals surface area contributed by atoms with E-state index in [0.29, 0.717) is 23.1 Å². The SMILES string of the molecule is Cn1nccc1S(=O)(=O)Nc1ccc(OCc2ccccc2Cl)cc1. The summed E-state index contributed by atoms with van der Waals surface area (Å²) in [6.45, 7) is 0.333. The fourth-order valence-electron chi connectivity index (χ4n) is 2.23. The number of hydrogen-bond donors (Lipinski definition) is 1. The largest absolute Gasteiger partial charge is 0.489 e. The van der Waals surface area contributed by atoms with Gasteiger partial charge in [0.25, 0.3) is 10.0 Å². The molecule has 6 nitrogen and oxygen atoms in total. The Hall–Kier alpha value is -2.51. The summed E-state index contributed by atoms with van der Waals surface area (Å²) in [6.07, 6.45) is 1.43. The second kappa shape index (κ2) is 7.16. The molecule has 0 aliphatic heterocycles. The van der Waals surface area contributed by atoms with Crippen LogP contribution < -0.4 is 9.46 Å². The zero-order valence-electron chi connectivity index (χ0n) is 13.4. The topological polar surface area (TPSA) is 73.2 Å². The van der Waals surface area contributed by atoms with Crippen LogP contribution in [-0.4, -0.2) is 18.2 Å².